The van der Waals surface area contributed by atoms with Crippen LogP contribution in [0.2, 0.25) is 0 Å². The van der Waals surface area contributed by atoms with Crippen LogP contribution in [0, 0.1) is 0 Å². The van der Waals surface area contributed by atoms with Crippen molar-refractivity contribution >= 4 is 28.8 Å². The molecule has 8 nitrogen and oxygen atoms in total. The third kappa shape index (κ3) is 4.21. The fourth-order valence-electron chi connectivity index (χ4n) is 4.75. The quantitative estimate of drug-likeness (QED) is 0.374. The summed E-state index contributed by atoms with van der Waals surface area (Å²) >= 11 is 0. The third-order valence-corrected chi connectivity index (χ3v) is 6.59. The normalized spacial score (nSPS) is 14.4. The molecule has 0 aliphatic carbocycles. The van der Waals surface area contributed by atoms with E-state index in [0.29, 0.717) is 24.2 Å². The van der Waals surface area contributed by atoms with Crippen molar-refractivity contribution < 1.29 is 23.8 Å². The second-order valence-corrected chi connectivity index (χ2v) is 8.61. The fourth-order valence-corrected chi connectivity index (χ4v) is 4.75. The highest BCUT2D eigenvalue weighted by Gasteiger charge is 2.33. The van der Waals surface area contributed by atoms with Crippen LogP contribution in [0.3, 0.4) is 0 Å². The Kier molecular flexibility index (Phi) is 6.42. The molecule has 3 heterocycles. The molecular weight excluding hydrogens is 474 g/mol. The van der Waals surface area contributed by atoms with E-state index in [2.05, 4.69) is 18.1 Å². The van der Waals surface area contributed by atoms with E-state index in [-0.39, 0.29) is 33.8 Å². The number of morpholine rings is 1. The van der Waals surface area contributed by atoms with Gasteiger partial charge in [-0.1, -0.05) is 43.5 Å². The lowest BCUT2D eigenvalue weighted by Crippen LogP contribution is -2.36. The lowest BCUT2D eigenvalue weighted by molar-refractivity contribution is 0.122. The summed E-state index contributed by atoms with van der Waals surface area (Å²) in [7, 11) is 0. The first kappa shape index (κ1) is 24.1. The van der Waals surface area contributed by atoms with E-state index in [9.17, 15) is 19.8 Å². The molecule has 0 bridgehead atoms. The molecule has 0 saturated carbocycles. The molecule has 37 heavy (non-hydrogen) atoms. The average Bonchev–Trinajstić information content (AvgIpc) is 2.92. The van der Waals surface area contributed by atoms with Gasteiger partial charge < -0.3 is 28.7 Å². The van der Waals surface area contributed by atoms with Crippen LogP contribution in [0.25, 0.3) is 23.1 Å². The van der Waals surface area contributed by atoms with Crippen molar-refractivity contribution in [1.29, 1.82) is 0 Å². The van der Waals surface area contributed by atoms with Crippen molar-refractivity contribution in [3.05, 3.63) is 111 Å². The molecule has 1 saturated heterocycles. The van der Waals surface area contributed by atoms with Crippen LogP contribution in [0.15, 0.2) is 80.1 Å². The van der Waals surface area contributed by atoms with Crippen molar-refractivity contribution in [3.63, 3.8) is 0 Å². The van der Waals surface area contributed by atoms with Gasteiger partial charge in [-0.3, -0.25) is 0 Å². The van der Waals surface area contributed by atoms with Crippen LogP contribution in [-0.4, -0.2) is 36.5 Å². The number of rotatable bonds is 6. The zero-order chi connectivity index (χ0) is 26.1. The number of hydrogen-bond donors (Lipinski definition) is 2. The predicted molar refractivity (Wildman–Crippen MR) is 141 cm³/mol. The third-order valence-electron chi connectivity index (χ3n) is 6.59. The van der Waals surface area contributed by atoms with E-state index in [1.807, 2.05) is 12.1 Å². The minimum atomic E-state index is -1.20. The highest BCUT2D eigenvalue weighted by Crippen LogP contribution is 2.42. The van der Waals surface area contributed by atoms with Gasteiger partial charge in [0.05, 0.1) is 41.2 Å². The molecule has 1 aliphatic heterocycles. The Labute approximate surface area is 212 Å². The number of hydrogen-bond acceptors (Lipinski definition) is 8. The maximum atomic E-state index is 13.3. The Morgan fingerprint density at radius 2 is 1.49 bits per heavy atom. The molecule has 0 radical (unpaired) electrons. The molecule has 1 fully saturated rings. The molecule has 5 rings (SSSR count). The van der Waals surface area contributed by atoms with Crippen molar-refractivity contribution in [3.8, 4) is 11.5 Å². The molecule has 2 aromatic heterocycles. The summed E-state index contributed by atoms with van der Waals surface area (Å²) in [6.45, 7) is 10.0. The standard InChI is InChI=1S/C29H25NO7/c1-3-19-21(4-2)36-28(33)24(26(19)31)23(17-9-11-18(12-10-17)30-13-15-35-16-14-30)25-27(32)20-7-5-6-8-22(20)37-29(25)34/h3-12,23,31-32H,1-2,13-16H2. The van der Waals surface area contributed by atoms with Gasteiger partial charge in [-0.15, -0.1) is 0 Å². The summed E-state index contributed by atoms with van der Waals surface area (Å²) in [5, 5.41) is 22.8. The van der Waals surface area contributed by atoms with Gasteiger partial charge in [-0.2, -0.15) is 0 Å². The van der Waals surface area contributed by atoms with E-state index in [0.717, 1.165) is 18.8 Å². The SMILES string of the molecule is C=Cc1oc(=O)c(C(c2ccc(N3CCOCC3)cc2)c2c(O)c3ccccc3oc2=O)c(O)c1C=C. The van der Waals surface area contributed by atoms with Crippen molar-refractivity contribution in [2.75, 3.05) is 31.2 Å². The minimum absolute atomic E-state index is 0.0393. The minimum Gasteiger partial charge on any atom is -0.507 e. The second kappa shape index (κ2) is 9.83. The van der Waals surface area contributed by atoms with E-state index >= 15 is 0 Å². The molecule has 188 valence electrons. The number of aromatic hydroxyl groups is 2. The number of nitrogens with zero attached hydrogens (tertiary/aromatic N) is 1. The predicted octanol–water partition coefficient (Wildman–Crippen LogP) is 4.46. The lowest BCUT2D eigenvalue weighted by Gasteiger charge is -2.29. The zero-order valence-electron chi connectivity index (χ0n) is 20.0. The first-order valence-electron chi connectivity index (χ1n) is 11.8. The molecule has 0 spiro atoms. The average molecular weight is 500 g/mol. The van der Waals surface area contributed by atoms with Gasteiger partial charge in [0.1, 0.15) is 22.8 Å². The highest BCUT2D eigenvalue weighted by molar-refractivity contribution is 5.84. The molecule has 2 N–H and O–H groups in total. The lowest BCUT2D eigenvalue weighted by atomic mass is 9.84. The molecule has 8 heteroatoms. The van der Waals surface area contributed by atoms with Gasteiger partial charge in [0, 0.05) is 18.8 Å². The Morgan fingerprint density at radius 1 is 0.838 bits per heavy atom. The van der Waals surface area contributed by atoms with Crippen molar-refractivity contribution in [2.45, 2.75) is 5.92 Å². The van der Waals surface area contributed by atoms with E-state index < -0.39 is 22.9 Å². The molecule has 1 unspecified atom stereocenters. The van der Waals surface area contributed by atoms with Gasteiger partial charge in [0.2, 0.25) is 0 Å². The fraction of sp³-hybridized carbons (Fsp3) is 0.172. The Hall–Kier alpha value is -4.56. The van der Waals surface area contributed by atoms with Crippen molar-refractivity contribution in [1.82, 2.24) is 0 Å². The van der Waals surface area contributed by atoms with Crippen LogP contribution in [0.1, 0.15) is 33.9 Å². The summed E-state index contributed by atoms with van der Waals surface area (Å²) in [4.78, 5) is 28.6. The Morgan fingerprint density at radius 3 is 2.16 bits per heavy atom. The van der Waals surface area contributed by atoms with Crippen molar-refractivity contribution in [2.24, 2.45) is 0 Å². The summed E-state index contributed by atoms with van der Waals surface area (Å²) in [5.74, 6) is -1.93. The van der Waals surface area contributed by atoms with E-state index in [1.54, 1.807) is 36.4 Å². The summed E-state index contributed by atoms with van der Waals surface area (Å²) in [6, 6.07) is 13.8. The molecular formula is C29H25NO7. The first-order chi connectivity index (χ1) is 17.9. The monoisotopic (exact) mass is 499 g/mol. The molecule has 1 atom stereocenters. The van der Waals surface area contributed by atoms with Gasteiger partial charge in [-0.05, 0) is 35.9 Å². The molecule has 0 amide bonds. The van der Waals surface area contributed by atoms with E-state index in [4.69, 9.17) is 13.6 Å². The number of para-hydroxylation sites is 1. The summed E-state index contributed by atoms with van der Waals surface area (Å²) in [6.07, 6.45) is 2.62. The second-order valence-electron chi connectivity index (χ2n) is 8.61. The van der Waals surface area contributed by atoms with E-state index in [1.165, 1.54) is 12.2 Å². The largest absolute Gasteiger partial charge is 0.507 e. The highest BCUT2D eigenvalue weighted by atomic mass is 16.5. The van der Waals surface area contributed by atoms with Gasteiger partial charge >= 0.3 is 11.3 Å². The van der Waals surface area contributed by atoms with Crippen LogP contribution in [0.4, 0.5) is 5.69 Å². The number of benzene rings is 2. The zero-order valence-corrected chi connectivity index (χ0v) is 20.0. The van der Waals surface area contributed by atoms with Crippen LogP contribution < -0.4 is 16.2 Å². The number of ether oxygens (including phenoxy) is 1. The van der Waals surface area contributed by atoms with Crippen LogP contribution in [-0.2, 0) is 4.74 Å². The molecule has 2 aromatic carbocycles. The summed E-state index contributed by atoms with van der Waals surface area (Å²) in [5.41, 5.74) is -0.398. The smallest absolute Gasteiger partial charge is 0.344 e. The van der Waals surface area contributed by atoms with Crippen LogP contribution >= 0.6 is 0 Å². The summed E-state index contributed by atoms with van der Waals surface area (Å²) < 4.78 is 16.4. The number of fused-ring (bicyclic) bond motifs is 1. The maximum absolute atomic E-state index is 13.3. The molecule has 4 aromatic rings. The van der Waals surface area contributed by atoms with Gasteiger partial charge in [0.15, 0.2) is 0 Å². The van der Waals surface area contributed by atoms with Gasteiger partial charge in [0.25, 0.3) is 0 Å². The topological polar surface area (TPSA) is 113 Å². The Balaban J connectivity index is 1.78. The Bertz CT molecular complexity index is 1610. The number of anilines is 1. The first-order valence-corrected chi connectivity index (χ1v) is 11.8. The molecule has 1 aliphatic rings. The van der Waals surface area contributed by atoms with Crippen LogP contribution in [0.5, 0.6) is 11.5 Å². The maximum Gasteiger partial charge on any atom is 0.344 e. The van der Waals surface area contributed by atoms with Gasteiger partial charge in [-0.25, -0.2) is 9.59 Å².